The number of rotatable bonds is 6. The van der Waals surface area contributed by atoms with Gasteiger partial charge in [-0.05, 0) is 42.8 Å². The Morgan fingerprint density at radius 2 is 1.07 bits per heavy atom. The molecule has 2 heteroatoms. The van der Waals surface area contributed by atoms with Crippen LogP contribution in [0.1, 0.15) is 15.9 Å². The van der Waals surface area contributed by atoms with E-state index in [1.54, 1.807) is 0 Å². The minimum absolute atomic E-state index is 0.190. The second kappa shape index (κ2) is 8.55. The van der Waals surface area contributed by atoms with Crippen LogP contribution in [0.5, 0.6) is 0 Å². The van der Waals surface area contributed by atoms with E-state index in [-0.39, 0.29) is 5.78 Å². The van der Waals surface area contributed by atoms with Gasteiger partial charge in [0.15, 0.2) is 0 Å². The highest BCUT2D eigenvalue weighted by molar-refractivity contribution is 7.96. The molecular formula is C27H24OP+. The smallest absolute Gasteiger partial charge is 0.201 e. The Morgan fingerprint density at radius 1 is 0.621 bits per heavy atom. The Hall–Kier alpha value is -3.02. The predicted molar refractivity (Wildman–Crippen MR) is 126 cm³/mol. The van der Waals surface area contributed by atoms with Crippen molar-refractivity contribution in [1.82, 2.24) is 0 Å². The molecule has 0 saturated carbocycles. The first-order valence-corrected chi connectivity index (χ1v) is 11.8. The van der Waals surface area contributed by atoms with Crippen molar-refractivity contribution in [2.45, 2.75) is 6.92 Å². The number of aryl methyl sites for hydroxylation is 1. The molecule has 1 nitrogen and oxygen atoms in total. The second-order valence-corrected chi connectivity index (χ2v) is 10.7. The van der Waals surface area contributed by atoms with Crippen LogP contribution in [-0.2, 0) is 0 Å². The fraction of sp³-hybridized carbons (Fsp3) is 0.0741. The van der Waals surface area contributed by atoms with E-state index in [0.717, 1.165) is 5.56 Å². The van der Waals surface area contributed by atoms with Gasteiger partial charge in [-0.2, -0.15) is 0 Å². The molecular weight excluding hydrogens is 371 g/mol. The average Bonchev–Trinajstić information content (AvgIpc) is 2.80. The van der Waals surface area contributed by atoms with Gasteiger partial charge in [0.1, 0.15) is 29.3 Å². The SMILES string of the molecule is Cc1ccccc1[P+](CC(=O)c1ccccc1)(c1ccccc1)c1ccccc1. The van der Waals surface area contributed by atoms with Crippen molar-refractivity contribution in [3.05, 3.63) is 126 Å². The van der Waals surface area contributed by atoms with Crippen LogP contribution in [-0.4, -0.2) is 11.9 Å². The Morgan fingerprint density at radius 3 is 1.59 bits per heavy atom. The molecule has 0 N–H and O–H groups in total. The fourth-order valence-corrected chi connectivity index (χ4v) is 8.37. The van der Waals surface area contributed by atoms with Gasteiger partial charge in [0, 0.05) is 5.56 Å². The molecule has 0 saturated heterocycles. The van der Waals surface area contributed by atoms with Crippen LogP contribution in [0.3, 0.4) is 0 Å². The Balaban J connectivity index is 1.99. The van der Waals surface area contributed by atoms with Crippen LogP contribution in [0.25, 0.3) is 0 Å². The van der Waals surface area contributed by atoms with Gasteiger partial charge in [0.2, 0.25) is 5.78 Å². The topological polar surface area (TPSA) is 17.1 Å². The summed E-state index contributed by atoms with van der Waals surface area (Å²) < 4.78 is 0. The summed E-state index contributed by atoms with van der Waals surface area (Å²) in [5, 5.41) is 3.76. The highest BCUT2D eigenvalue weighted by Gasteiger charge is 2.48. The molecule has 0 aliphatic heterocycles. The lowest BCUT2D eigenvalue weighted by Crippen LogP contribution is -2.36. The lowest BCUT2D eigenvalue weighted by Gasteiger charge is -2.28. The molecule has 0 aliphatic carbocycles. The van der Waals surface area contributed by atoms with Crippen LogP contribution in [0.15, 0.2) is 115 Å². The molecule has 4 aromatic carbocycles. The summed E-state index contributed by atoms with van der Waals surface area (Å²) in [6, 6.07) is 39.4. The summed E-state index contributed by atoms with van der Waals surface area (Å²) in [6.45, 7) is 2.16. The van der Waals surface area contributed by atoms with Gasteiger partial charge in [-0.15, -0.1) is 0 Å². The number of carbonyl (C=O) groups is 1. The zero-order chi connectivity index (χ0) is 20.1. The third kappa shape index (κ3) is 3.79. The first-order chi connectivity index (χ1) is 14.2. The van der Waals surface area contributed by atoms with E-state index in [9.17, 15) is 4.79 Å². The molecule has 0 unspecified atom stereocenters. The highest BCUT2D eigenvalue weighted by atomic mass is 31.2. The summed E-state index contributed by atoms with van der Waals surface area (Å²) >= 11 is 0. The largest absolute Gasteiger partial charge is 0.290 e. The molecule has 4 rings (SSSR count). The number of benzene rings is 4. The quantitative estimate of drug-likeness (QED) is 0.325. The fourth-order valence-electron chi connectivity index (χ4n) is 3.98. The molecule has 0 atom stereocenters. The molecule has 0 amide bonds. The van der Waals surface area contributed by atoms with E-state index in [4.69, 9.17) is 0 Å². The number of hydrogen-bond acceptors (Lipinski definition) is 1. The monoisotopic (exact) mass is 395 g/mol. The van der Waals surface area contributed by atoms with Gasteiger partial charge >= 0.3 is 0 Å². The lowest BCUT2D eigenvalue weighted by atomic mass is 10.2. The second-order valence-electron chi connectivity index (χ2n) is 7.21. The van der Waals surface area contributed by atoms with E-state index < -0.39 is 7.26 Å². The summed E-state index contributed by atoms with van der Waals surface area (Å²) in [7, 11) is -2.16. The van der Waals surface area contributed by atoms with Crippen LogP contribution in [0.2, 0.25) is 0 Å². The van der Waals surface area contributed by atoms with Crippen molar-refractivity contribution in [2.24, 2.45) is 0 Å². The summed E-state index contributed by atoms with van der Waals surface area (Å²) in [5.74, 6) is 0.190. The Labute approximate surface area is 173 Å². The molecule has 0 aromatic heterocycles. The molecule has 0 bridgehead atoms. The van der Waals surface area contributed by atoms with E-state index in [1.807, 2.05) is 42.5 Å². The number of hydrogen-bond donors (Lipinski definition) is 0. The van der Waals surface area contributed by atoms with Crippen molar-refractivity contribution in [1.29, 1.82) is 0 Å². The zero-order valence-electron chi connectivity index (χ0n) is 16.5. The summed E-state index contributed by atoms with van der Waals surface area (Å²) in [5.41, 5.74) is 2.01. The average molecular weight is 395 g/mol. The maximum Gasteiger partial charge on any atom is 0.201 e. The normalized spacial score (nSPS) is 11.2. The Kier molecular flexibility index (Phi) is 5.69. The molecule has 0 spiro atoms. The van der Waals surface area contributed by atoms with Crippen molar-refractivity contribution in [3.8, 4) is 0 Å². The molecule has 4 aromatic rings. The van der Waals surface area contributed by atoms with Gasteiger partial charge in [-0.1, -0.05) is 84.9 Å². The Bertz CT molecular complexity index is 1050. The van der Waals surface area contributed by atoms with Crippen molar-refractivity contribution >= 4 is 29.0 Å². The van der Waals surface area contributed by atoms with Gasteiger partial charge in [-0.3, -0.25) is 4.79 Å². The van der Waals surface area contributed by atoms with Gasteiger partial charge in [-0.25, -0.2) is 0 Å². The molecule has 0 fully saturated rings. The molecule has 0 radical (unpaired) electrons. The lowest BCUT2D eigenvalue weighted by molar-refractivity contribution is 0.102. The maximum atomic E-state index is 13.5. The first kappa shape index (κ1) is 19.3. The zero-order valence-corrected chi connectivity index (χ0v) is 17.4. The van der Waals surface area contributed by atoms with Crippen molar-refractivity contribution in [2.75, 3.05) is 6.16 Å². The third-order valence-electron chi connectivity index (χ3n) is 5.40. The van der Waals surface area contributed by atoms with Gasteiger partial charge in [0.05, 0.1) is 0 Å². The van der Waals surface area contributed by atoms with Crippen molar-refractivity contribution in [3.63, 3.8) is 0 Å². The van der Waals surface area contributed by atoms with E-state index >= 15 is 0 Å². The minimum Gasteiger partial charge on any atom is -0.290 e. The number of Topliss-reactive ketones (excluding diaryl/α,β-unsaturated/α-hetero) is 1. The standard InChI is InChI=1S/C27H24OP/c1-22-13-11-12-20-27(22)29(24-16-7-3-8-17-24,25-18-9-4-10-19-25)21-26(28)23-14-5-2-6-15-23/h2-20H,21H2,1H3/q+1. The number of ketones is 1. The van der Waals surface area contributed by atoms with Crippen LogP contribution >= 0.6 is 7.26 Å². The van der Waals surface area contributed by atoms with Crippen LogP contribution in [0.4, 0.5) is 0 Å². The molecule has 142 valence electrons. The molecule has 29 heavy (non-hydrogen) atoms. The third-order valence-corrected chi connectivity index (χ3v) is 9.84. The summed E-state index contributed by atoms with van der Waals surface area (Å²) in [4.78, 5) is 13.5. The highest BCUT2D eigenvalue weighted by Crippen LogP contribution is 2.56. The van der Waals surface area contributed by atoms with E-state index in [0.29, 0.717) is 6.16 Å². The first-order valence-electron chi connectivity index (χ1n) is 9.85. The van der Waals surface area contributed by atoms with Gasteiger partial charge < -0.3 is 0 Å². The van der Waals surface area contributed by atoms with Gasteiger partial charge in [0.25, 0.3) is 0 Å². The van der Waals surface area contributed by atoms with Crippen molar-refractivity contribution < 1.29 is 4.79 Å². The maximum absolute atomic E-state index is 13.5. The summed E-state index contributed by atoms with van der Waals surface area (Å²) in [6.07, 6.45) is 0.482. The van der Waals surface area contributed by atoms with Crippen LogP contribution < -0.4 is 15.9 Å². The minimum atomic E-state index is -2.16. The van der Waals surface area contributed by atoms with E-state index in [2.05, 4.69) is 79.7 Å². The molecule has 0 aliphatic rings. The number of carbonyl (C=O) groups excluding carboxylic acids is 1. The molecule has 0 heterocycles. The van der Waals surface area contributed by atoms with E-state index in [1.165, 1.54) is 21.5 Å². The van der Waals surface area contributed by atoms with Crippen LogP contribution in [0, 0.1) is 6.92 Å². The predicted octanol–water partition coefficient (Wildman–Crippen LogP) is 5.17.